The van der Waals surface area contributed by atoms with Crippen molar-refractivity contribution in [2.45, 2.75) is 18.9 Å². The number of aromatic nitrogens is 2. The van der Waals surface area contributed by atoms with Crippen LogP contribution in [0.1, 0.15) is 18.9 Å². The predicted octanol–water partition coefficient (Wildman–Crippen LogP) is 1.58. The second-order valence-electron chi connectivity index (χ2n) is 6.28. The summed E-state index contributed by atoms with van der Waals surface area (Å²) in [7, 11) is -3.05. The average Bonchev–Trinajstić information content (AvgIpc) is 3.10. The van der Waals surface area contributed by atoms with Crippen LogP contribution < -0.4 is 5.32 Å². The molecule has 0 radical (unpaired) electrons. The van der Waals surface area contributed by atoms with Gasteiger partial charge in [0.15, 0.2) is 9.84 Å². The highest BCUT2D eigenvalue weighted by molar-refractivity contribution is 7.91. The Balaban J connectivity index is 1.64. The Morgan fingerprint density at radius 2 is 2.08 bits per heavy atom. The number of nitrogens with zero attached hydrogens (tertiary/aromatic N) is 2. The van der Waals surface area contributed by atoms with Gasteiger partial charge in [-0.3, -0.25) is 4.79 Å². The lowest BCUT2D eigenvalue weighted by molar-refractivity contribution is -0.117. The Kier molecular flexibility index (Phi) is 4.28. The van der Waals surface area contributed by atoms with Crippen molar-refractivity contribution in [3.8, 4) is 5.69 Å². The van der Waals surface area contributed by atoms with E-state index >= 15 is 0 Å². The van der Waals surface area contributed by atoms with E-state index < -0.39 is 15.4 Å². The number of carbonyl (C=O) groups is 1. The lowest BCUT2D eigenvalue weighted by Crippen LogP contribution is -2.46. The third-order valence-electron chi connectivity index (χ3n) is 3.98. The molecule has 1 aliphatic rings. The number of rotatable bonds is 4. The van der Waals surface area contributed by atoms with Crippen LogP contribution in [0.5, 0.6) is 0 Å². The maximum Gasteiger partial charge on any atom is 0.244 e. The minimum absolute atomic E-state index is 0.00841. The fourth-order valence-corrected chi connectivity index (χ4v) is 4.86. The van der Waals surface area contributed by atoms with Crippen molar-refractivity contribution in [3.05, 3.63) is 54.4 Å². The third-order valence-corrected chi connectivity index (χ3v) is 5.88. The van der Waals surface area contributed by atoms with Crippen LogP contribution in [0.2, 0.25) is 0 Å². The van der Waals surface area contributed by atoms with E-state index in [2.05, 4.69) is 10.4 Å². The van der Waals surface area contributed by atoms with Crippen molar-refractivity contribution in [2.75, 3.05) is 11.5 Å². The van der Waals surface area contributed by atoms with E-state index in [0.717, 1.165) is 11.3 Å². The number of nitrogens with one attached hydrogen (secondary N) is 1. The summed E-state index contributed by atoms with van der Waals surface area (Å²) in [5.41, 5.74) is 1.04. The zero-order valence-corrected chi connectivity index (χ0v) is 14.2. The summed E-state index contributed by atoms with van der Waals surface area (Å²) < 4.78 is 24.9. The van der Waals surface area contributed by atoms with Gasteiger partial charge in [0, 0.05) is 17.8 Å². The van der Waals surface area contributed by atoms with Crippen molar-refractivity contribution >= 4 is 21.8 Å². The summed E-state index contributed by atoms with van der Waals surface area (Å²) in [6.45, 7) is 1.76. The lowest BCUT2D eigenvalue weighted by atomic mass is 10.0. The maximum absolute atomic E-state index is 12.0. The number of sulfone groups is 1. The number of amides is 1. The number of para-hydroxylation sites is 1. The molecule has 0 saturated carbocycles. The van der Waals surface area contributed by atoms with Crippen LogP contribution in [0.15, 0.2) is 48.8 Å². The fraction of sp³-hybridized carbons (Fsp3) is 0.294. The van der Waals surface area contributed by atoms with Crippen LogP contribution in [-0.4, -0.2) is 41.2 Å². The molecule has 7 heteroatoms. The molecule has 1 aliphatic heterocycles. The normalized spacial score (nSPS) is 22.7. The van der Waals surface area contributed by atoms with Gasteiger partial charge in [0.1, 0.15) is 0 Å². The summed E-state index contributed by atoms with van der Waals surface area (Å²) in [6, 6.07) is 9.66. The summed E-state index contributed by atoms with van der Waals surface area (Å²) >= 11 is 0. The summed E-state index contributed by atoms with van der Waals surface area (Å²) in [5, 5.41) is 7.04. The molecule has 3 rings (SSSR count). The summed E-state index contributed by atoms with van der Waals surface area (Å²) in [5.74, 6) is -0.190. The van der Waals surface area contributed by atoms with E-state index in [4.69, 9.17) is 0 Å². The maximum atomic E-state index is 12.0. The molecule has 1 N–H and O–H groups in total. The minimum atomic E-state index is -3.05. The molecule has 1 atom stereocenters. The molecule has 1 aromatic carbocycles. The molecule has 2 heterocycles. The highest BCUT2D eigenvalue weighted by Gasteiger charge is 2.39. The molecule has 1 unspecified atom stereocenters. The summed E-state index contributed by atoms with van der Waals surface area (Å²) in [6.07, 6.45) is 7.00. The van der Waals surface area contributed by atoms with Crippen molar-refractivity contribution in [1.29, 1.82) is 0 Å². The van der Waals surface area contributed by atoms with Crippen molar-refractivity contribution in [2.24, 2.45) is 0 Å². The van der Waals surface area contributed by atoms with Crippen LogP contribution in [0.3, 0.4) is 0 Å². The lowest BCUT2D eigenvalue weighted by Gasteiger charge is -2.22. The Hall–Kier alpha value is -2.41. The van der Waals surface area contributed by atoms with Crippen LogP contribution >= 0.6 is 0 Å². The van der Waals surface area contributed by atoms with E-state index in [1.165, 1.54) is 6.08 Å². The molecule has 0 spiro atoms. The highest BCUT2D eigenvalue weighted by Crippen LogP contribution is 2.22. The predicted molar refractivity (Wildman–Crippen MR) is 92.4 cm³/mol. The summed E-state index contributed by atoms with van der Waals surface area (Å²) in [4.78, 5) is 12.0. The molecule has 6 nitrogen and oxygen atoms in total. The Morgan fingerprint density at radius 1 is 1.33 bits per heavy atom. The minimum Gasteiger partial charge on any atom is -0.346 e. The van der Waals surface area contributed by atoms with E-state index in [1.807, 2.05) is 36.5 Å². The molecular weight excluding hydrogens is 326 g/mol. The molecular formula is C17H19N3O3S. The van der Waals surface area contributed by atoms with E-state index in [1.54, 1.807) is 23.9 Å². The molecule has 0 aliphatic carbocycles. The average molecular weight is 345 g/mol. The van der Waals surface area contributed by atoms with Gasteiger partial charge >= 0.3 is 0 Å². The molecule has 126 valence electrons. The van der Waals surface area contributed by atoms with Crippen LogP contribution in [0.25, 0.3) is 11.8 Å². The first-order valence-electron chi connectivity index (χ1n) is 7.66. The molecule has 1 amide bonds. The largest absolute Gasteiger partial charge is 0.346 e. The first-order valence-corrected chi connectivity index (χ1v) is 9.48. The third kappa shape index (κ3) is 3.91. The monoisotopic (exact) mass is 345 g/mol. The number of hydrogen-bond donors (Lipinski definition) is 1. The van der Waals surface area contributed by atoms with Gasteiger partial charge in [0.05, 0.1) is 28.9 Å². The highest BCUT2D eigenvalue weighted by atomic mass is 32.2. The standard InChI is InChI=1S/C17H19N3O3S/c1-17(9-10-24(22,23)13-17)19-16(21)8-7-14-11-18-20(12-14)15-5-3-2-4-6-15/h2-8,11-12H,9-10,13H2,1H3,(H,19,21). The Morgan fingerprint density at radius 3 is 2.75 bits per heavy atom. The number of hydrogen-bond acceptors (Lipinski definition) is 4. The molecule has 1 saturated heterocycles. The number of benzene rings is 1. The smallest absolute Gasteiger partial charge is 0.244 e. The van der Waals surface area contributed by atoms with Gasteiger partial charge in [0.2, 0.25) is 5.91 Å². The van der Waals surface area contributed by atoms with Crippen LogP contribution in [0, 0.1) is 0 Å². The quantitative estimate of drug-likeness (QED) is 0.853. The SMILES string of the molecule is CC1(NC(=O)C=Cc2cnn(-c3ccccc3)c2)CCS(=O)(=O)C1. The van der Waals surface area contributed by atoms with E-state index in [9.17, 15) is 13.2 Å². The molecule has 24 heavy (non-hydrogen) atoms. The van der Waals surface area contributed by atoms with Crippen molar-refractivity contribution < 1.29 is 13.2 Å². The number of carbonyl (C=O) groups excluding carboxylic acids is 1. The second-order valence-corrected chi connectivity index (χ2v) is 8.46. The zero-order valence-electron chi connectivity index (χ0n) is 13.3. The molecule has 2 aromatic rings. The van der Waals surface area contributed by atoms with Gasteiger partial charge in [-0.2, -0.15) is 5.10 Å². The molecule has 1 aromatic heterocycles. The van der Waals surface area contributed by atoms with Gasteiger partial charge < -0.3 is 5.32 Å². The van der Waals surface area contributed by atoms with Crippen LogP contribution in [-0.2, 0) is 14.6 Å². The Bertz CT molecular complexity index is 871. The van der Waals surface area contributed by atoms with Gasteiger partial charge in [-0.1, -0.05) is 18.2 Å². The van der Waals surface area contributed by atoms with Crippen molar-refractivity contribution in [1.82, 2.24) is 15.1 Å². The van der Waals surface area contributed by atoms with E-state index in [0.29, 0.717) is 6.42 Å². The van der Waals surface area contributed by atoms with Crippen LogP contribution in [0.4, 0.5) is 0 Å². The first-order chi connectivity index (χ1) is 11.4. The van der Waals surface area contributed by atoms with Gasteiger partial charge in [0.25, 0.3) is 0 Å². The Labute approximate surface area is 141 Å². The fourth-order valence-electron chi connectivity index (χ4n) is 2.76. The molecule has 1 fully saturated rings. The van der Waals surface area contributed by atoms with E-state index in [-0.39, 0.29) is 17.4 Å². The second kappa shape index (κ2) is 6.24. The van der Waals surface area contributed by atoms with Gasteiger partial charge in [-0.05, 0) is 31.6 Å². The topological polar surface area (TPSA) is 81.1 Å². The first kappa shape index (κ1) is 16.4. The molecule has 0 bridgehead atoms. The van der Waals surface area contributed by atoms with Crippen molar-refractivity contribution in [3.63, 3.8) is 0 Å². The van der Waals surface area contributed by atoms with Gasteiger partial charge in [-0.25, -0.2) is 13.1 Å². The zero-order chi connectivity index (χ0) is 17.2. The van der Waals surface area contributed by atoms with Gasteiger partial charge in [-0.15, -0.1) is 0 Å².